The highest BCUT2D eigenvalue weighted by molar-refractivity contribution is 7.57. The molecular weight excluding hydrogens is 199 g/mol. The van der Waals surface area contributed by atoms with Crippen LogP contribution in [0, 0.1) is 27.7 Å². The van der Waals surface area contributed by atoms with E-state index in [-0.39, 0.29) is 5.30 Å². The van der Waals surface area contributed by atoms with Crippen molar-refractivity contribution in [2.45, 2.75) is 27.7 Å². The Morgan fingerprint density at radius 3 is 1.64 bits per heavy atom. The van der Waals surface area contributed by atoms with Crippen LogP contribution in [0.25, 0.3) is 0 Å². The van der Waals surface area contributed by atoms with Crippen molar-refractivity contribution in [3.8, 4) is 0 Å². The van der Waals surface area contributed by atoms with Gasteiger partial charge in [0.2, 0.25) is 0 Å². The van der Waals surface area contributed by atoms with Gasteiger partial charge in [-0.1, -0.05) is 6.07 Å². The van der Waals surface area contributed by atoms with Gasteiger partial charge in [0.05, 0.1) is 0 Å². The second-order valence-corrected chi connectivity index (χ2v) is 5.05. The van der Waals surface area contributed by atoms with E-state index < -0.39 is 7.60 Å². The summed E-state index contributed by atoms with van der Waals surface area (Å²) in [5.74, 6) is 0. The summed E-state index contributed by atoms with van der Waals surface area (Å²) in [6, 6.07) is 1.89. The second-order valence-electron chi connectivity index (χ2n) is 3.61. The first kappa shape index (κ1) is 11.4. The lowest BCUT2D eigenvalue weighted by molar-refractivity contribution is -0.308. The molecule has 0 aromatic heterocycles. The smallest absolute Gasteiger partial charge is 0.00931 e. The van der Waals surface area contributed by atoms with E-state index in [0.29, 0.717) is 11.1 Å². The Bertz CT molecular complexity index is 392. The quantitative estimate of drug-likeness (QED) is 0.635. The predicted octanol–water partition coefficient (Wildman–Crippen LogP) is 0.459. The summed E-state index contributed by atoms with van der Waals surface area (Å²) in [5, 5.41) is -0.0324. The van der Waals surface area contributed by atoms with Crippen molar-refractivity contribution in [1.82, 2.24) is 0 Å². The molecule has 1 aromatic rings. The summed E-state index contributed by atoms with van der Waals surface area (Å²) < 4.78 is 11.1. The molecule has 0 aliphatic rings. The summed E-state index contributed by atoms with van der Waals surface area (Å²) >= 11 is 0. The van der Waals surface area contributed by atoms with Crippen LogP contribution in [0.1, 0.15) is 22.3 Å². The van der Waals surface area contributed by atoms with Crippen molar-refractivity contribution >= 4 is 12.9 Å². The van der Waals surface area contributed by atoms with Crippen molar-refractivity contribution in [1.29, 1.82) is 0 Å². The molecule has 14 heavy (non-hydrogen) atoms. The molecule has 3 nitrogen and oxygen atoms in total. The van der Waals surface area contributed by atoms with Crippen LogP contribution in [-0.2, 0) is 4.57 Å². The third-order valence-corrected chi connectivity index (χ3v) is 3.82. The Balaban J connectivity index is 3.65. The lowest BCUT2D eigenvalue weighted by Gasteiger charge is -2.34. The molecule has 1 rings (SSSR count). The predicted molar refractivity (Wildman–Crippen MR) is 52.6 cm³/mol. The Kier molecular flexibility index (Phi) is 2.86. The molecule has 0 saturated carbocycles. The lowest BCUT2D eigenvalue weighted by Crippen LogP contribution is -2.29. The maximum Gasteiger partial charge on any atom is -0.00931 e. The van der Waals surface area contributed by atoms with Crippen LogP contribution < -0.4 is 15.1 Å². The van der Waals surface area contributed by atoms with Gasteiger partial charge in [-0.05, 0) is 62.8 Å². The van der Waals surface area contributed by atoms with Gasteiger partial charge in [-0.15, -0.1) is 0 Å². The summed E-state index contributed by atoms with van der Waals surface area (Å²) in [6.45, 7) is 6.95. The van der Waals surface area contributed by atoms with E-state index in [4.69, 9.17) is 0 Å². The monoisotopic (exact) mass is 212 g/mol. The molecule has 0 unspecified atom stereocenters. The van der Waals surface area contributed by atoms with Gasteiger partial charge in [-0.25, -0.2) is 0 Å². The second kappa shape index (κ2) is 3.50. The molecule has 0 amide bonds. The molecule has 0 aliphatic heterocycles. The van der Waals surface area contributed by atoms with E-state index in [1.165, 1.54) is 0 Å². The van der Waals surface area contributed by atoms with Gasteiger partial charge in [0.1, 0.15) is 0 Å². The average molecular weight is 212 g/mol. The van der Waals surface area contributed by atoms with Crippen molar-refractivity contribution < 1.29 is 14.4 Å². The van der Waals surface area contributed by atoms with E-state index in [0.717, 1.165) is 11.1 Å². The highest BCUT2D eigenvalue weighted by Gasteiger charge is 2.10. The standard InChI is InChI=1S/C10H15O3P/c1-6-5-7(2)9(4)10(8(6)3)14(11,12)13/h5H,1-4H3,(H2,11,12,13)/p-2. The molecule has 0 fully saturated rings. The Morgan fingerprint density at radius 2 is 1.36 bits per heavy atom. The third-order valence-electron chi connectivity index (χ3n) is 2.60. The van der Waals surface area contributed by atoms with Gasteiger partial charge in [0.25, 0.3) is 0 Å². The molecule has 0 aliphatic carbocycles. The van der Waals surface area contributed by atoms with Crippen LogP contribution in [0.4, 0.5) is 0 Å². The largest absolute Gasteiger partial charge is 0.807 e. The van der Waals surface area contributed by atoms with Crippen LogP contribution in [0.15, 0.2) is 6.07 Å². The summed E-state index contributed by atoms with van der Waals surface area (Å²) in [7, 11) is -4.65. The zero-order chi connectivity index (χ0) is 11.1. The van der Waals surface area contributed by atoms with Crippen LogP contribution >= 0.6 is 7.60 Å². The number of aryl methyl sites for hydroxylation is 2. The van der Waals surface area contributed by atoms with Gasteiger partial charge in [0.15, 0.2) is 0 Å². The number of hydrogen-bond acceptors (Lipinski definition) is 3. The molecule has 0 N–H and O–H groups in total. The number of hydrogen-bond donors (Lipinski definition) is 0. The summed E-state index contributed by atoms with van der Waals surface area (Å²) in [4.78, 5) is 22.1. The molecule has 1 aromatic carbocycles. The van der Waals surface area contributed by atoms with Crippen molar-refractivity contribution in [3.63, 3.8) is 0 Å². The summed E-state index contributed by atoms with van der Waals surface area (Å²) in [6.07, 6.45) is 0. The third kappa shape index (κ3) is 1.90. The fraction of sp³-hybridized carbons (Fsp3) is 0.400. The lowest BCUT2D eigenvalue weighted by atomic mass is 10.0. The number of rotatable bonds is 1. The van der Waals surface area contributed by atoms with Crippen molar-refractivity contribution in [3.05, 3.63) is 28.3 Å². The molecule has 4 heteroatoms. The van der Waals surface area contributed by atoms with E-state index in [9.17, 15) is 14.4 Å². The molecule has 0 saturated heterocycles. The zero-order valence-corrected chi connectivity index (χ0v) is 9.64. The Hall–Kier alpha value is -0.630. The highest BCUT2D eigenvalue weighted by Crippen LogP contribution is 2.29. The first-order chi connectivity index (χ1) is 6.25. The zero-order valence-electron chi connectivity index (χ0n) is 8.75. The van der Waals surface area contributed by atoms with Crippen molar-refractivity contribution in [2.75, 3.05) is 0 Å². The molecule has 78 valence electrons. The normalized spacial score (nSPS) is 11.9. The maximum atomic E-state index is 11.1. The fourth-order valence-corrected chi connectivity index (χ4v) is 2.78. The van der Waals surface area contributed by atoms with E-state index in [2.05, 4.69) is 0 Å². The number of benzene rings is 1. The van der Waals surface area contributed by atoms with Crippen molar-refractivity contribution in [2.24, 2.45) is 0 Å². The Labute approximate surface area is 83.9 Å². The first-order valence-corrected chi connectivity index (χ1v) is 5.89. The van der Waals surface area contributed by atoms with Gasteiger partial charge >= 0.3 is 0 Å². The van der Waals surface area contributed by atoms with Gasteiger partial charge in [-0.2, -0.15) is 0 Å². The van der Waals surface area contributed by atoms with Crippen LogP contribution in [0.5, 0.6) is 0 Å². The first-order valence-electron chi connectivity index (χ1n) is 4.35. The minimum absolute atomic E-state index is 0.0324. The molecular formula is C10H13O3P-2. The topological polar surface area (TPSA) is 63.2 Å². The van der Waals surface area contributed by atoms with Gasteiger partial charge in [-0.3, -0.25) is 0 Å². The SMILES string of the molecule is Cc1cc(C)c(C)c(P(=O)([O-])[O-])c1C. The maximum absolute atomic E-state index is 11.1. The van der Waals surface area contributed by atoms with Crippen LogP contribution in [0.3, 0.4) is 0 Å². The molecule has 0 spiro atoms. The van der Waals surface area contributed by atoms with E-state index in [1.807, 2.05) is 6.07 Å². The Morgan fingerprint density at radius 1 is 1.00 bits per heavy atom. The van der Waals surface area contributed by atoms with Gasteiger partial charge in [0, 0.05) is 0 Å². The highest BCUT2D eigenvalue weighted by atomic mass is 31.2. The fourth-order valence-electron chi connectivity index (χ4n) is 1.61. The molecule has 0 heterocycles. The van der Waals surface area contributed by atoms with E-state index in [1.54, 1.807) is 27.7 Å². The molecule has 0 radical (unpaired) electrons. The summed E-state index contributed by atoms with van der Waals surface area (Å²) in [5.41, 5.74) is 2.83. The van der Waals surface area contributed by atoms with Gasteiger partial charge < -0.3 is 14.4 Å². The van der Waals surface area contributed by atoms with Crippen LogP contribution in [-0.4, -0.2) is 0 Å². The minimum Gasteiger partial charge on any atom is -0.807 e. The minimum atomic E-state index is -4.65. The molecule has 0 bridgehead atoms. The average Bonchev–Trinajstić information content (AvgIpc) is 1.98. The molecule has 0 atom stereocenters. The van der Waals surface area contributed by atoms with E-state index >= 15 is 0 Å². The van der Waals surface area contributed by atoms with Crippen LogP contribution in [0.2, 0.25) is 0 Å².